The highest BCUT2D eigenvalue weighted by molar-refractivity contribution is 9.10. The van der Waals surface area contributed by atoms with Crippen LogP contribution in [0.3, 0.4) is 0 Å². The van der Waals surface area contributed by atoms with Crippen molar-refractivity contribution in [1.82, 2.24) is 4.98 Å². The van der Waals surface area contributed by atoms with Crippen molar-refractivity contribution in [2.75, 3.05) is 0 Å². The molecule has 0 unspecified atom stereocenters. The maximum absolute atomic E-state index is 12.7. The Morgan fingerprint density at radius 2 is 2.15 bits per heavy atom. The number of nitrogens with zero attached hydrogens (tertiary/aromatic N) is 1. The van der Waals surface area contributed by atoms with E-state index in [1.807, 2.05) is 0 Å². The first-order chi connectivity index (χ1) is 6.07. The number of rotatable bonds is 2. The standard InChI is InChI=1S/C7H5BrF3NO/c8-5-4(2-13)3(6(9)10)1-12-7(5)11/h1,6,13H,2H2. The second kappa shape index (κ2) is 4.06. The zero-order valence-corrected chi connectivity index (χ0v) is 7.85. The van der Waals surface area contributed by atoms with E-state index in [1.54, 1.807) is 0 Å². The second-order valence-corrected chi connectivity index (χ2v) is 3.05. The Labute approximate surface area is 80.5 Å². The van der Waals surface area contributed by atoms with E-state index in [9.17, 15) is 13.2 Å². The van der Waals surface area contributed by atoms with Gasteiger partial charge >= 0.3 is 0 Å². The molecule has 1 heterocycles. The largest absolute Gasteiger partial charge is 0.392 e. The summed E-state index contributed by atoms with van der Waals surface area (Å²) in [6.45, 7) is -0.653. The predicted molar refractivity (Wildman–Crippen MR) is 42.8 cm³/mol. The van der Waals surface area contributed by atoms with Gasteiger partial charge in [-0.25, -0.2) is 13.8 Å². The van der Waals surface area contributed by atoms with Crippen LogP contribution in [0.4, 0.5) is 13.2 Å². The molecule has 1 aromatic heterocycles. The molecule has 1 N–H and O–H groups in total. The molecular formula is C7H5BrF3NO. The fourth-order valence-corrected chi connectivity index (χ4v) is 1.32. The van der Waals surface area contributed by atoms with E-state index in [-0.39, 0.29) is 10.0 Å². The molecule has 0 aliphatic heterocycles. The molecule has 0 atom stereocenters. The number of alkyl halides is 2. The molecule has 2 nitrogen and oxygen atoms in total. The van der Waals surface area contributed by atoms with Gasteiger partial charge in [-0.05, 0) is 15.9 Å². The number of hydrogen-bond donors (Lipinski definition) is 1. The fraction of sp³-hybridized carbons (Fsp3) is 0.286. The summed E-state index contributed by atoms with van der Waals surface area (Å²) in [5, 5.41) is 8.71. The van der Waals surface area contributed by atoms with Crippen LogP contribution in [0.15, 0.2) is 10.7 Å². The van der Waals surface area contributed by atoms with Crippen LogP contribution in [0, 0.1) is 5.95 Å². The Bertz CT molecular complexity index is 319. The van der Waals surface area contributed by atoms with Crippen molar-refractivity contribution in [2.24, 2.45) is 0 Å². The van der Waals surface area contributed by atoms with E-state index in [4.69, 9.17) is 5.11 Å². The van der Waals surface area contributed by atoms with Gasteiger partial charge in [-0.15, -0.1) is 0 Å². The van der Waals surface area contributed by atoms with Crippen molar-refractivity contribution in [3.05, 3.63) is 27.7 Å². The van der Waals surface area contributed by atoms with Crippen molar-refractivity contribution in [3.8, 4) is 0 Å². The molecular weight excluding hydrogens is 251 g/mol. The predicted octanol–water partition coefficient (Wildman–Crippen LogP) is 2.41. The first kappa shape index (κ1) is 10.5. The fourth-order valence-electron chi connectivity index (χ4n) is 0.861. The SMILES string of the molecule is OCc1c(C(F)F)cnc(F)c1Br. The molecule has 72 valence electrons. The van der Waals surface area contributed by atoms with E-state index >= 15 is 0 Å². The van der Waals surface area contributed by atoms with Crippen LogP contribution in [0.5, 0.6) is 0 Å². The zero-order chi connectivity index (χ0) is 10.0. The van der Waals surface area contributed by atoms with Gasteiger partial charge in [0.1, 0.15) is 0 Å². The van der Waals surface area contributed by atoms with E-state index < -0.39 is 24.5 Å². The number of aliphatic hydroxyl groups is 1. The van der Waals surface area contributed by atoms with Gasteiger partial charge in [0.2, 0.25) is 5.95 Å². The summed E-state index contributed by atoms with van der Waals surface area (Å²) >= 11 is 2.73. The van der Waals surface area contributed by atoms with E-state index in [0.717, 1.165) is 6.20 Å². The summed E-state index contributed by atoms with van der Waals surface area (Å²) in [6.07, 6.45) is -2.05. The minimum Gasteiger partial charge on any atom is -0.392 e. The molecule has 0 saturated heterocycles. The Balaban J connectivity index is 3.30. The molecule has 0 saturated carbocycles. The monoisotopic (exact) mass is 255 g/mol. The lowest BCUT2D eigenvalue weighted by atomic mass is 10.1. The summed E-state index contributed by atoms with van der Waals surface area (Å²) in [6, 6.07) is 0. The molecule has 1 aromatic rings. The molecule has 13 heavy (non-hydrogen) atoms. The molecule has 0 amide bonds. The van der Waals surface area contributed by atoms with Crippen LogP contribution >= 0.6 is 15.9 Å². The second-order valence-electron chi connectivity index (χ2n) is 2.26. The summed E-state index contributed by atoms with van der Waals surface area (Å²) in [4.78, 5) is 3.10. The maximum Gasteiger partial charge on any atom is 0.265 e. The van der Waals surface area contributed by atoms with Gasteiger partial charge in [-0.3, -0.25) is 0 Å². The van der Waals surface area contributed by atoms with Gasteiger partial charge in [0.15, 0.2) is 0 Å². The van der Waals surface area contributed by atoms with Gasteiger partial charge in [-0.2, -0.15) is 4.39 Å². The van der Waals surface area contributed by atoms with E-state index in [0.29, 0.717) is 0 Å². The highest BCUT2D eigenvalue weighted by Crippen LogP contribution is 2.29. The van der Waals surface area contributed by atoms with Crippen molar-refractivity contribution < 1.29 is 18.3 Å². The maximum atomic E-state index is 12.7. The van der Waals surface area contributed by atoms with Crippen LogP contribution in [-0.4, -0.2) is 10.1 Å². The van der Waals surface area contributed by atoms with Gasteiger partial charge in [0.05, 0.1) is 11.1 Å². The Morgan fingerprint density at radius 3 is 2.62 bits per heavy atom. The topological polar surface area (TPSA) is 33.1 Å². The summed E-state index contributed by atoms with van der Waals surface area (Å²) < 4.78 is 36.9. The highest BCUT2D eigenvalue weighted by Gasteiger charge is 2.18. The third kappa shape index (κ3) is 2.00. The number of pyridine rings is 1. The average Bonchev–Trinajstić information content (AvgIpc) is 2.09. The van der Waals surface area contributed by atoms with Crippen LogP contribution in [0.2, 0.25) is 0 Å². The average molecular weight is 256 g/mol. The molecule has 1 rings (SSSR count). The number of aromatic nitrogens is 1. The van der Waals surface area contributed by atoms with E-state index in [2.05, 4.69) is 20.9 Å². The highest BCUT2D eigenvalue weighted by atomic mass is 79.9. The lowest BCUT2D eigenvalue weighted by molar-refractivity contribution is 0.146. The zero-order valence-electron chi connectivity index (χ0n) is 6.27. The number of hydrogen-bond acceptors (Lipinski definition) is 2. The summed E-state index contributed by atoms with van der Waals surface area (Å²) in [5.74, 6) is -0.909. The van der Waals surface area contributed by atoms with Crippen molar-refractivity contribution >= 4 is 15.9 Å². The molecule has 0 bridgehead atoms. The van der Waals surface area contributed by atoms with Gasteiger partial charge < -0.3 is 5.11 Å². The minimum absolute atomic E-state index is 0.164. The van der Waals surface area contributed by atoms with Crippen LogP contribution in [-0.2, 0) is 6.61 Å². The number of aliphatic hydroxyl groups excluding tert-OH is 1. The molecule has 0 aliphatic rings. The molecule has 6 heteroatoms. The molecule has 0 aliphatic carbocycles. The molecule has 0 spiro atoms. The Hall–Kier alpha value is -0.620. The van der Waals surface area contributed by atoms with Crippen LogP contribution in [0.25, 0.3) is 0 Å². The summed E-state index contributed by atoms with van der Waals surface area (Å²) in [7, 11) is 0. The molecule has 0 aromatic carbocycles. The summed E-state index contributed by atoms with van der Waals surface area (Å²) in [5.41, 5.74) is -0.627. The third-order valence-electron chi connectivity index (χ3n) is 1.50. The first-order valence-corrected chi connectivity index (χ1v) is 4.09. The van der Waals surface area contributed by atoms with Crippen LogP contribution in [0.1, 0.15) is 17.6 Å². The van der Waals surface area contributed by atoms with Crippen molar-refractivity contribution in [3.63, 3.8) is 0 Å². The quantitative estimate of drug-likeness (QED) is 0.824. The van der Waals surface area contributed by atoms with E-state index in [1.165, 1.54) is 0 Å². The minimum atomic E-state index is -2.77. The Morgan fingerprint density at radius 1 is 1.54 bits per heavy atom. The molecule has 0 fully saturated rings. The van der Waals surface area contributed by atoms with Crippen LogP contribution < -0.4 is 0 Å². The van der Waals surface area contributed by atoms with Crippen molar-refractivity contribution in [1.29, 1.82) is 0 Å². The Kier molecular flexibility index (Phi) is 3.27. The normalized spacial score (nSPS) is 10.9. The van der Waals surface area contributed by atoms with Crippen molar-refractivity contribution in [2.45, 2.75) is 13.0 Å². The van der Waals surface area contributed by atoms with Gasteiger partial charge in [0, 0.05) is 17.3 Å². The number of halogens is 4. The van der Waals surface area contributed by atoms with Gasteiger partial charge in [-0.1, -0.05) is 0 Å². The third-order valence-corrected chi connectivity index (χ3v) is 2.31. The van der Waals surface area contributed by atoms with Gasteiger partial charge in [0.25, 0.3) is 6.43 Å². The lowest BCUT2D eigenvalue weighted by Crippen LogP contribution is -2.00. The molecule has 0 radical (unpaired) electrons. The smallest absolute Gasteiger partial charge is 0.265 e. The first-order valence-electron chi connectivity index (χ1n) is 3.29. The lowest BCUT2D eigenvalue weighted by Gasteiger charge is -2.07.